The van der Waals surface area contributed by atoms with Gasteiger partial charge in [0.05, 0.1) is 12.2 Å². The molecule has 0 aliphatic carbocycles. The van der Waals surface area contributed by atoms with Gasteiger partial charge in [-0.3, -0.25) is 4.79 Å². The summed E-state index contributed by atoms with van der Waals surface area (Å²) in [6.07, 6.45) is -12.8. The van der Waals surface area contributed by atoms with E-state index < -0.39 is 78.0 Å². The first kappa shape index (κ1) is 29.9. The Kier molecular flexibility index (Phi) is 7.95. The number of benzene rings is 2. The molecule has 0 spiro atoms. The predicted molar refractivity (Wildman–Crippen MR) is 151 cm³/mol. The minimum atomic E-state index is -1.83. The summed E-state index contributed by atoms with van der Waals surface area (Å²) in [6.45, 7) is -0.425. The SMILES string of the molecule is Nc1ncnc2c1N=C[N+]2([C@@H]1OC[C@@H](O)[C@@H](O)[C@H]1O)[C@@H]1O[C@H](C(OC(=O)c2ccccc2)C(=O)c2ccccc2)[C@@H](O)[C@H]1O. The summed E-state index contributed by atoms with van der Waals surface area (Å²) in [5, 5.41) is 54.7. The summed E-state index contributed by atoms with van der Waals surface area (Å²) in [5.41, 5.74) is 6.36. The number of nitrogens with two attached hydrogens (primary N) is 1. The summed E-state index contributed by atoms with van der Waals surface area (Å²) >= 11 is 0. The molecule has 3 aliphatic rings. The van der Waals surface area contributed by atoms with E-state index in [2.05, 4.69) is 15.0 Å². The minimum absolute atomic E-state index is 0.0192. The van der Waals surface area contributed by atoms with Crippen molar-refractivity contribution in [2.75, 3.05) is 12.3 Å². The van der Waals surface area contributed by atoms with Crippen LogP contribution in [0.25, 0.3) is 0 Å². The van der Waals surface area contributed by atoms with Gasteiger partial charge >= 0.3 is 5.97 Å². The maximum absolute atomic E-state index is 13.8. The van der Waals surface area contributed by atoms with Gasteiger partial charge in [-0.2, -0.15) is 14.5 Å². The Labute approximate surface area is 250 Å². The molecule has 15 nitrogen and oxygen atoms in total. The van der Waals surface area contributed by atoms with Crippen molar-refractivity contribution < 1.29 is 49.3 Å². The van der Waals surface area contributed by atoms with Gasteiger partial charge in [-0.1, -0.05) is 48.5 Å². The number of quaternary nitrogens is 1. The molecule has 0 radical (unpaired) electrons. The number of nitrogens with zero attached hydrogens (tertiary/aromatic N) is 4. The number of ether oxygens (including phenoxy) is 3. The first-order valence-electron chi connectivity index (χ1n) is 13.7. The Hall–Kier alpha value is -4.19. The van der Waals surface area contributed by atoms with Crippen LogP contribution in [0.1, 0.15) is 20.7 Å². The molecule has 10 atom stereocenters. The summed E-state index contributed by atoms with van der Waals surface area (Å²) in [5.74, 6) is -1.67. The van der Waals surface area contributed by atoms with Crippen LogP contribution in [0.5, 0.6) is 0 Å². The van der Waals surface area contributed by atoms with Crippen LogP contribution in [0.3, 0.4) is 0 Å². The molecule has 230 valence electrons. The lowest BCUT2D eigenvalue weighted by Crippen LogP contribution is -2.73. The molecule has 0 amide bonds. The Balaban J connectivity index is 1.42. The van der Waals surface area contributed by atoms with Gasteiger partial charge in [0.25, 0.3) is 5.82 Å². The largest absolute Gasteiger partial charge is 0.447 e. The quantitative estimate of drug-likeness (QED) is 0.108. The number of aliphatic imine (C=N–C) groups is 1. The van der Waals surface area contributed by atoms with Gasteiger partial charge in [0.1, 0.15) is 30.7 Å². The van der Waals surface area contributed by atoms with Crippen LogP contribution < -0.4 is 10.2 Å². The van der Waals surface area contributed by atoms with E-state index in [1.807, 2.05) is 0 Å². The molecule has 2 fully saturated rings. The number of ketones is 1. The molecule has 44 heavy (non-hydrogen) atoms. The standard InChI is InChI=1S/C29H30N5O10/c30-25-17-26(32-12-31-25)34(13-33-17,27-21(39)19(37)16(35)11-42-27)28-22(40)20(38)24(43-28)23(18(36)14-7-3-1-4-8-14)44-29(41)15-9-5-2-6-10-15/h1-10,12-13,16,19-24,27-28,35,37-40H,11H2,(H2,30,31,32)/q+1/t16-,19-,20+,21-,22-,23?,24+,27-,28-,34?/m1/s1. The first-order chi connectivity index (χ1) is 21.1. The Morgan fingerprint density at radius 3 is 2.18 bits per heavy atom. The number of aliphatic hydroxyl groups excluding tert-OH is 5. The van der Waals surface area contributed by atoms with Crippen LogP contribution in [0.4, 0.5) is 17.3 Å². The summed E-state index contributed by atoms with van der Waals surface area (Å²) in [7, 11) is 0. The highest BCUT2D eigenvalue weighted by molar-refractivity contribution is 6.02. The van der Waals surface area contributed by atoms with E-state index in [9.17, 15) is 35.1 Å². The van der Waals surface area contributed by atoms with Gasteiger partial charge in [-0.15, -0.1) is 0 Å². The lowest BCUT2D eigenvalue weighted by atomic mass is 9.97. The molecule has 3 aromatic rings. The zero-order chi connectivity index (χ0) is 31.2. The number of hydrogen-bond donors (Lipinski definition) is 6. The molecule has 1 aromatic heterocycles. The van der Waals surface area contributed by atoms with Crippen LogP contribution in [-0.2, 0) is 14.2 Å². The molecule has 4 heterocycles. The Morgan fingerprint density at radius 1 is 0.864 bits per heavy atom. The number of anilines is 1. The van der Waals surface area contributed by atoms with E-state index in [1.165, 1.54) is 30.6 Å². The van der Waals surface area contributed by atoms with Crippen molar-refractivity contribution in [2.45, 2.75) is 55.2 Å². The second-order valence-electron chi connectivity index (χ2n) is 10.7. The molecule has 15 heteroatoms. The number of nitrogen functional groups attached to an aromatic ring is 1. The highest BCUT2D eigenvalue weighted by Gasteiger charge is 2.66. The summed E-state index contributed by atoms with van der Waals surface area (Å²) < 4.78 is 16.8. The number of esters is 1. The highest BCUT2D eigenvalue weighted by atomic mass is 16.6. The maximum Gasteiger partial charge on any atom is 0.338 e. The van der Waals surface area contributed by atoms with E-state index in [4.69, 9.17) is 19.9 Å². The van der Waals surface area contributed by atoms with Gasteiger partial charge in [-0.05, 0) is 12.1 Å². The molecule has 2 aromatic carbocycles. The summed E-state index contributed by atoms with van der Waals surface area (Å²) in [4.78, 5) is 39.4. The monoisotopic (exact) mass is 608 g/mol. The zero-order valence-electron chi connectivity index (χ0n) is 23.0. The van der Waals surface area contributed by atoms with Crippen LogP contribution >= 0.6 is 0 Å². The number of hydrogen-bond acceptors (Lipinski definition) is 14. The van der Waals surface area contributed by atoms with E-state index in [-0.39, 0.29) is 28.5 Å². The molecule has 2 unspecified atom stereocenters. The average molecular weight is 609 g/mol. The van der Waals surface area contributed by atoms with Gasteiger partial charge < -0.3 is 45.5 Å². The third kappa shape index (κ3) is 4.85. The third-order valence-electron chi connectivity index (χ3n) is 8.03. The molecule has 7 N–H and O–H groups in total. The molecule has 0 saturated carbocycles. The van der Waals surface area contributed by atoms with Crippen LogP contribution in [0.2, 0.25) is 0 Å². The minimum Gasteiger partial charge on any atom is -0.447 e. The molecule has 3 aliphatic heterocycles. The molecule has 6 rings (SSSR count). The fraction of sp³-hybridized carbons (Fsp3) is 0.345. The van der Waals surface area contributed by atoms with Crippen LogP contribution in [-0.4, -0.2) is 115 Å². The van der Waals surface area contributed by atoms with Crippen molar-refractivity contribution in [1.29, 1.82) is 0 Å². The third-order valence-corrected chi connectivity index (χ3v) is 8.03. The predicted octanol–water partition coefficient (Wildman–Crippen LogP) is -0.966. The van der Waals surface area contributed by atoms with Crippen molar-refractivity contribution in [3.63, 3.8) is 0 Å². The van der Waals surface area contributed by atoms with Crippen molar-refractivity contribution in [2.24, 2.45) is 4.99 Å². The normalized spacial score (nSPS) is 33.5. The summed E-state index contributed by atoms with van der Waals surface area (Å²) in [6, 6.07) is 15.8. The van der Waals surface area contributed by atoms with Gasteiger partial charge in [0, 0.05) is 5.56 Å². The van der Waals surface area contributed by atoms with Crippen LogP contribution in [0.15, 0.2) is 72.0 Å². The average Bonchev–Trinajstić information content (AvgIpc) is 3.57. The smallest absolute Gasteiger partial charge is 0.338 e. The maximum atomic E-state index is 13.8. The molecular formula is C29H30N5O10+. The fourth-order valence-electron chi connectivity index (χ4n) is 5.76. The number of aliphatic hydroxyl groups is 5. The topological polar surface area (TPSA) is 227 Å². The van der Waals surface area contributed by atoms with E-state index in [1.54, 1.807) is 36.4 Å². The van der Waals surface area contributed by atoms with Gasteiger partial charge in [-0.25, -0.2) is 9.78 Å². The second kappa shape index (κ2) is 11.7. The van der Waals surface area contributed by atoms with Crippen molar-refractivity contribution in [1.82, 2.24) is 14.5 Å². The molecular weight excluding hydrogens is 578 g/mol. The van der Waals surface area contributed by atoms with Crippen molar-refractivity contribution in [3.05, 3.63) is 78.1 Å². The zero-order valence-corrected chi connectivity index (χ0v) is 23.0. The molecule has 2 saturated heterocycles. The number of fused-ring (bicyclic) bond motifs is 1. The number of carbonyl (C=O) groups is 2. The van der Waals surface area contributed by atoms with E-state index in [0.717, 1.165) is 6.33 Å². The fourth-order valence-corrected chi connectivity index (χ4v) is 5.76. The van der Waals surface area contributed by atoms with Crippen molar-refractivity contribution >= 4 is 35.4 Å². The highest BCUT2D eigenvalue weighted by Crippen LogP contribution is 2.47. The number of carbonyl (C=O) groups excluding carboxylic acids is 2. The number of rotatable bonds is 7. The van der Waals surface area contributed by atoms with Crippen molar-refractivity contribution in [3.8, 4) is 0 Å². The van der Waals surface area contributed by atoms with E-state index in [0.29, 0.717) is 0 Å². The Bertz CT molecular complexity index is 1560. The van der Waals surface area contributed by atoms with Gasteiger partial charge in [0.15, 0.2) is 29.8 Å². The lowest BCUT2D eigenvalue weighted by Gasteiger charge is -2.46. The lowest BCUT2D eigenvalue weighted by molar-refractivity contribution is -0.237. The number of aromatic nitrogens is 2. The Morgan fingerprint density at radius 2 is 1.50 bits per heavy atom. The van der Waals surface area contributed by atoms with Gasteiger partial charge in [0.2, 0.25) is 24.6 Å². The second-order valence-corrected chi connectivity index (χ2v) is 10.7. The molecule has 0 bridgehead atoms. The number of Topliss-reactive ketones (excluding diaryl/α,β-unsaturated/α-hetero) is 1. The first-order valence-corrected chi connectivity index (χ1v) is 13.7. The van der Waals surface area contributed by atoms with Crippen LogP contribution in [0, 0.1) is 0 Å². The van der Waals surface area contributed by atoms with E-state index >= 15 is 0 Å².